The van der Waals surface area contributed by atoms with Crippen LogP contribution in [0.2, 0.25) is 0 Å². The number of benzene rings is 1. The zero-order chi connectivity index (χ0) is 13.5. The molecule has 19 heavy (non-hydrogen) atoms. The first-order valence-electron chi connectivity index (χ1n) is 6.78. The SMILES string of the molecule is CCCC(O)CNCc1cc(-c2ccccc2)n[nH]1. The van der Waals surface area contributed by atoms with Crippen LogP contribution in [0.1, 0.15) is 25.5 Å². The zero-order valence-electron chi connectivity index (χ0n) is 11.3. The Balaban J connectivity index is 1.85. The normalized spacial score (nSPS) is 12.5. The third-order valence-electron chi connectivity index (χ3n) is 3.02. The van der Waals surface area contributed by atoms with Gasteiger partial charge in [-0.2, -0.15) is 5.10 Å². The standard InChI is InChI=1S/C15H21N3O/c1-2-6-14(19)11-16-10-13-9-15(18-17-13)12-7-4-3-5-8-12/h3-5,7-9,14,16,19H,2,6,10-11H2,1H3,(H,17,18). The van der Waals surface area contributed by atoms with Crippen LogP contribution >= 0.6 is 0 Å². The molecule has 1 heterocycles. The lowest BCUT2D eigenvalue weighted by Crippen LogP contribution is -2.26. The molecule has 0 amide bonds. The van der Waals surface area contributed by atoms with Crippen molar-refractivity contribution < 1.29 is 5.11 Å². The fourth-order valence-electron chi connectivity index (χ4n) is 2.02. The third kappa shape index (κ3) is 4.19. The van der Waals surface area contributed by atoms with Gasteiger partial charge in [-0.25, -0.2) is 0 Å². The summed E-state index contributed by atoms with van der Waals surface area (Å²) in [5.74, 6) is 0. The Bertz CT molecular complexity index is 481. The highest BCUT2D eigenvalue weighted by Gasteiger charge is 2.05. The van der Waals surface area contributed by atoms with Crippen LogP contribution in [-0.4, -0.2) is 28.0 Å². The van der Waals surface area contributed by atoms with E-state index in [1.54, 1.807) is 0 Å². The fraction of sp³-hybridized carbons (Fsp3) is 0.400. The van der Waals surface area contributed by atoms with Gasteiger partial charge >= 0.3 is 0 Å². The molecule has 0 aliphatic carbocycles. The fourth-order valence-corrected chi connectivity index (χ4v) is 2.02. The van der Waals surface area contributed by atoms with E-state index in [1.165, 1.54) is 0 Å². The molecule has 4 heteroatoms. The van der Waals surface area contributed by atoms with Gasteiger partial charge in [-0.1, -0.05) is 43.7 Å². The Labute approximate surface area is 113 Å². The lowest BCUT2D eigenvalue weighted by Gasteiger charge is -2.09. The van der Waals surface area contributed by atoms with Crippen LogP contribution in [0.5, 0.6) is 0 Å². The maximum Gasteiger partial charge on any atom is 0.0924 e. The summed E-state index contributed by atoms with van der Waals surface area (Å²) in [4.78, 5) is 0. The van der Waals surface area contributed by atoms with Crippen molar-refractivity contribution in [3.8, 4) is 11.3 Å². The average Bonchev–Trinajstić information content (AvgIpc) is 2.89. The minimum atomic E-state index is -0.262. The Hall–Kier alpha value is -1.65. The lowest BCUT2D eigenvalue weighted by atomic mass is 10.1. The van der Waals surface area contributed by atoms with Gasteiger partial charge in [0.15, 0.2) is 0 Å². The summed E-state index contributed by atoms with van der Waals surface area (Å²) in [7, 11) is 0. The van der Waals surface area contributed by atoms with Crippen molar-refractivity contribution in [2.24, 2.45) is 0 Å². The van der Waals surface area contributed by atoms with E-state index in [4.69, 9.17) is 0 Å². The van der Waals surface area contributed by atoms with Gasteiger partial charge in [-0.3, -0.25) is 5.10 Å². The van der Waals surface area contributed by atoms with E-state index >= 15 is 0 Å². The number of hydrogen-bond acceptors (Lipinski definition) is 3. The average molecular weight is 259 g/mol. The summed E-state index contributed by atoms with van der Waals surface area (Å²) < 4.78 is 0. The molecule has 0 fully saturated rings. The molecule has 3 N–H and O–H groups in total. The highest BCUT2D eigenvalue weighted by molar-refractivity contribution is 5.58. The number of aliphatic hydroxyl groups excluding tert-OH is 1. The first-order valence-corrected chi connectivity index (χ1v) is 6.78. The van der Waals surface area contributed by atoms with E-state index in [0.717, 1.165) is 29.8 Å². The Kier molecular flexibility index (Phi) is 5.12. The first-order chi connectivity index (χ1) is 9.29. The second-order valence-electron chi connectivity index (χ2n) is 4.72. The molecular formula is C15H21N3O. The predicted octanol–water partition coefficient (Wildman–Crippen LogP) is 2.33. The predicted molar refractivity (Wildman–Crippen MR) is 76.6 cm³/mol. The number of nitrogens with zero attached hydrogens (tertiary/aromatic N) is 1. The monoisotopic (exact) mass is 259 g/mol. The van der Waals surface area contributed by atoms with E-state index in [2.05, 4.69) is 22.4 Å². The van der Waals surface area contributed by atoms with Gasteiger partial charge in [-0.15, -0.1) is 0 Å². The molecule has 1 atom stereocenters. The van der Waals surface area contributed by atoms with Crippen molar-refractivity contribution in [1.82, 2.24) is 15.5 Å². The van der Waals surface area contributed by atoms with Gasteiger partial charge in [0.1, 0.15) is 0 Å². The molecule has 102 valence electrons. The van der Waals surface area contributed by atoms with E-state index in [1.807, 2.05) is 36.4 Å². The maximum absolute atomic E-state index is 9.62. The highest BCUT2D eigenvalue weighted by atomic mass is 16.3. The molecule has 0 radical (unpaired) electrons. The molecular weight excluding hydrogens is 238 g/mol. The third-order valence-corrected chi connectivity index (χ3v) is 3.02. The summed E-state index contributed by atoms with van der Waals surface area (Å²) in [6.45, 7) is 3.39. The molecule has 0 aliphatic rings. The first kappa shape index (κ1) is 13.8. The molecule has 0 aliphatic heterocycles. The number of aliphatic hydroxyl groups is 1. The maximum atomic E-state index is 9.62. The van der Waals surface area contributed by atoms with Crippen LogP contribution in [0.4, 0.5) is 0 Å². The van der Waals surface area contributed by atoms with Gasteiger partial charge in [0.25, 0.3) is 0 Å². The van der Waals surface area contributed by atoms with Crippen molar-refractivity contribution in [1.29, 1.82) is 0 Å². The molecule has 1 aromatic heterocycles. The van der Waals surface area contributed by atoms with Crippen LogP contribution < -0.4 is 5.32 Å². The van der Waals surface area contributed by atoms with E-state index in [9.17, 15) is 5.11 Å². The van der Waals surface area contributed by atoms with Gasteiger partial charge in [0.05, 0.1) is 11.8 Å². The van der Waals surface area contributed by atoms with Gasteiger partial charge < -0.3 is 10.4 Å². The molecule has 0 bridgehead atoms. The molecule has 1 aromatic carbocycles. The molecule has 0 saturated heterocycles. The van der Waals surface area contributed by atoms with Crippen molar-refractivity contribution in [3.63, 3.8) is 0 Å². The van der Waals surface area contributed by atoms with Gasteiger partial charge in [0.2, 0.25) is 0 Å². The van der Waals surface area contributed by atoms with Crippen LogP contribution in [-0.2, 0) is 6.54 Å². The van der Waals surface area contributed by atoms with Crippen molar-refractivity contribution in [2.45, 2.75) is 32.4 Å². The lowest BCUT2D eigenvalue weighted by molar-refractivity contribution is 0.160. The van der Waals surface area contributed by atoms with Crippen molar-refractivity contribution in [2.75, 3.05) is 6.54 Å². The smallest absolute Gasteiger partial charge is 0.0924 e. The summed E-state index contributed by atoms with van der Waals surface area (Å²) in [6.07, 6.45) is 1.58. The van der Waals surface area contributed by atoms with Crippen molar-refractivity contribution in [3.05, 3.63) is 42.1 Å². The molecule has 4 nitrogen and oxygen atoms in total. The van der Waals surface area contributed by atoms with Crippen LogP contribution in [0.15, 0.2) is 36.4 Å². The molecule has 0 saturated carbocycles. The Morgan fingerprint density at radius 1 is 1.32 bits per heavy atom. The second-order valence-corrected chi connectivity index (χ2v) is 4.72. The molecule has 2 aromatic rings. The van der Waals surface area contributed by atoms with Crippen LogP contribution in [0.25, 0.3) is 11.3 Å². The molecule has 0 spiro atoms. The van der Waals surface area contributed by atoms with Crippen LogP contribution in [0.3, 0.4) is 0 Å². The summed E-state index contributed by atoms with van der Waals surface area (Å²) in [5, 5.41) is 20.2. The number of rotatable bonds is 7. The minimum Gasteiger partial charge on any atom is -0.392 e. The van der Waals surface area contributed by atoms with Gasteiger partial charge in [-0.05, 0) is 12.5 Å². The highest BCUT2D eigenvalue weighted by Crippen LogP contribution is 2.16. The Morgan fingerprint density at radius 2 is 2.11 bits per heavy atom. The van der Waals surface area contributed by atoms with E-state index < -0.39 is 0 Å². The number of aromatic amines is 1. The van der Waals surface area contributed by atoms with E-state index in [-0.39, 0.29) is 6.10 Å². The Morgan fingerprint density at radius 3 is 2.84 bits per heavy atom. The van der Waals surface area contributed by atoms with Crippen LogP contribution in [0, 0.1) is 0 Å². The number of H-pyrrole nitrogens is 1. The van der Waals surface area contributed by atoms with Gasteiger partial charge in [0, 0.05) is 24.3 Å². The molecule has 2 rings (SSSR count). The summed E-state index contributed by atoms with van der Waals surface area (Å²) in [5.41, 5.74) is 3.09. The quantitative estimate of drug-likeness (QED) is 0.715. The largest absolute Gasteiger partial charge is 0.392 e. The zero-order valence-corrected chi connectivity index (χ0v) is 11.3. The topological polar surface area (TPSA) is 60.9 Å². The second kappa shape index (κ2) is 7.07. The minimum absolute atomic E-state index is 0.262. The van der Waals surface area contributed by atoms with Crippen molar-refractivity contribution >= 4 is 0 Å². The molecule has 1 unspecified atom stereocenters. The number of hydrogen-bond donors (Lipinski definition) is 3. The summed E-state index contributed by atoms with van der Waals surface area (Å²) >= 11 is 0. The van der Waals surface area contributed by atoms with E-state index in [0.29, 0.717) is 13.1 Å². The number of aromatic nitrogens is 2. The number of nitrogens with one attached hydrogen (secondary N) is 2. The summed E-state index contributed by atoms with van der Waals surface area (Å²) in [6, 6.07) is 12.1.